The van der Waals surface area contributed by atoms with Gasteiger partial charge in [-0.05, 0) is 38.8 Å². The molecule has 1 aromatic carbocycles. The smallest absolute Gasteiger partial charge is 0.333 e. The van der Waals surface area contributed by atoms with E-state index >= 15 is 0 Å². The van der Waals surface area contributed by atoms with Gasteiger partial charge in [0.1, 0.15) is 12.4 Å². The van der Waals surface area contributed by atoms with Gasteiger partial charge in [0, 0.05) is 19.1 Å². The summed E-state index contributed by atoms with van der Waals surface area (Å²) in [6.07, 6.45) is 1.70. The number of hydrogen-bond donors (Lipinski definition) is 2. The van der Waals surface area contributed by atoms with Crippen LogP contribution in [0.2, 0.25) is 0 Å². The van der Waals surface area contributed by atoms with Crippen molar-refractivity contribution in [2.45, 2.75) is 52.4 Å². The van der Waals surface area contributed by atoms with Crippen LogP contribution in [-0.4, -0.2) is 60.4 Å². The fourth-order valence-corrected chi connectivity index (χ4v) is 5.00. The average Bonchev–Trinajstić information content (AvgIpc) is 3.32. The zero-order valence-electron chi connectivity index (χ0n) is 22.3. The number of esters is 1. The molecule has 3 N–H and O–H groups in total. The first kappa shape index (κ1) is 26.9. The molecule has 0 amide bonds. The summed E-state index contributed by atoms with van der Waals surface area (Å²) in [5, 5.41) is 0.384. The zero-order chi connectivity index (χ0) is 28.4. The Labute approximate surface area is 228 Å². The second-order valence-corrected chi connectivity index (χ2v) is 9.54. The van der Waals surface area contributed by atoms with Gasteiger partial charge >= 0.3 is 11.7 Å². The van der Waals surface area contributed by atoms with E-state index in [1.807, 2.05) is 4.90 Å². The summed E-state index contributed by atoms with van der Waals surface area (Å²) >= 11 is 0. The molecule has 0 bridgehead atoms. The summed E-state index contributed by atoms with van der Waals surface area (Å²) in [5.74, 6) is 5.72. The standard InChI is InChI=1S/C27H30N8O5/c1-3-5-13-33-22-23(31-26(33)32-12-8-9-17(28)14-32)34(16-21(36)40-4-2)27(39)35(25(22)38)15-20-29-19-11-7-6-10-18(19)24(37)30-20/h6-7,10-11,17H,4,8-9,12-16,28H2,1-2H3,(H,29,30,37). The van der Waals surface area contributed by atoms with Gasteiger partial charge in [-0.3, -0.25) is 28.1 Å². The number of nitrogens with zero attached hydrogens (tertiary/aromatic N) is 6. The number of imidazole rings is 1. The van der Waals surface area contributed by atoms with Gasteiger partial charge in [-0.15, -0.1) is 5.92 Å². The molecule has 0 saturated carbocycles. The van der Waals surface area contributed by atoms with Gasteiger partial charge in [0.05, 0.1) is 30.6 Å². The Balaban J connectivity index is 1.75. The van der Waals surface area contributed by atoms with Crippen molar-refractivity contribution >= 4 is 34.0 Å². The van der Waals surface area contributed by atoms with Crippen LogP contribution < -0.4 is 27.4 Å². The Morgan fingerprint density at radius 1 is 1.18 bits per heavy atom. The van der Waals surface area contributed by atoms with E-state index in [0.717, 1.165) is 22.0 Å². The van der Waals surface area contributed by atoms with E-state index in [9.17, 15) is 19.2 Å². The molecule has 1 fully saturated rings. The maximum atomic E-state index is 14.0. The fraction of sp³-hybridized carbons (Fsp3) is 0.407. The second-order valence-electron chi connectivity index (χ2n) is 9.54. The number of nitrogens with one attached hydrogen (secondary N) is 1. The lowest BCUT2D eigenvalue weighted by Gasteiger charge is -2.31. The van der Waals surface area contributed by atoms with Crippen LogP contribution in [0.15, 0.2) is 38.6 Å². The van der Waals surface area contributed by atoms with E-state index in [4.69, 9.17) is 15.5 Å². The van der Waals surface area contributed by atoms with Crippen molar-refractivity contribution in [1.82, 2.24) is 28.7 Å². The molecule has 208 valence electrons. The third-order valence-electron chi connectivity index (χ3n) is 6.81. The molecule has 1 saturated heterocycles. The molecule has 13 nitrogen and oxygen atoms in total. The van der Waals surface area contributed by atoms with Crippen molar-refractivity contribution in [3.8, 4) is 11.8 Å². The fourth-order valence-electron chi connectivity index (χ4n) is 5.00. The maximum Gasteiger partial charge on any atom is 0.333 e. The molecule has 1 unspecified atom stereocenters. The van der Waals surface area contributed by atoms with Gasteiger partial charge in [0.25, 0.3) is 11.1 Å². The lowest BCUT2D eigenvalue weighted by Crippen LogP contribution is -2.44. The number of rotatable bonds is 7. The lowest BCUT2D eigenvalue weighted by molar-refractivity contribution is -0.143. The molecule has 0 aliphatic carbocycles. The first-order valence-electron chi connectivity index (χ1n) is 13.1. The highest BCUT2D eigenvalue weighted by Crippen LogP contribution is 2.23. The minimum absolute atomic E-state index is 0.0475. The molecule has 1 atom stereocenters. The van der Waals surface area contributed by atoms with Crippen LogP contribution in [0.25, 0.3) is 22.1 Å². The second kappa shape index (κ2) is 11.2. The number of para-hydroxylation sites is 1. The number of anilines is 1. The van der Waals surface area contributed by atoms with Crippen molar-refractivity contribution in [3.63, 3.8) is 0 Å². The van der Waals surface area contributed by atoms with E-state index < -0.39 is 29.3 Å². The summed E-state index contributed by atoms with van der Waals surface area (Å²) < 4.78 is 8.82. The third kappa shape index (κ3) is 5.01. The highest BCUT2D eigenvalue weighted by molar-refractivity contribution is 5.78. The summed E-state index contributed by atoms with van der Waals surface area (Å²) in [5.41, 5.74) is 4.98. The van der Waals surface area contributed by atoms with Crippen molar-refractivity contribution in [1.29, 1.82) is 0 Å². The van der Waals surface area contributed by atoms with Gasteiger partial charge < -0.3 is 20.4 Å². The van der Waals surface area contributed by atoms with E-state index in [-0.39, 0.29) is 42.7 Å². The van der Waals surface area contributed by atoms with Crippen molar-refractivity contribution in [2.75, 3.05) is 24.6 Å². The summed E-state index contributed by atoms with van der Waals surface area (Å²) in [4.78, 5) is 66.7. The zero-order valence-corrected chi connectivity index (χ0v) is 22.3. The van der Waals surface area contributed by atoms with Gasteiger partial charge in [0.15, 0.2) is 11.2 Å². The number of nitrogens with two attached hydrogens (primary N) is 1. The predicted octanol–water partition coefficient (Wildman–Crippen LogP) is 0.158. The van der Waals surface area contributed by atoms with Gasteiger partial charge in [-0.2, -0.15) is 4.98 Å². The van der Waals surface area contributed by atoms with Crippen molar-refractivity contribution in [2.24, 2.45) is 5.73 Å². The molecule has 0 spiro atoms. The number of hydrogen-bond acceptors (Lipinski definition) is 9. The quantitative estimate of drug-likeness (QED) is 0.243. The molecule has 40 heavy (non-hydrogen) atoms. The van der Waals surface area contributed by atoms with Gasteiger partial charge in [-0.1, -0.05) is 18.1 Å². The Hall–Kier alpha value is -4.70. The van der Waals surface area contributed by atoms with Crippen LogP contribution in [0.3, 0.4) is 0 Å². The number of aromatic amines is 1. The molecule has 4 heterocycles. The topological polar surface area (TPSA) is 163 Å². The number of H-pyrrole nitrogens is 1. The van der Waals surface area contributed by atoms with Crippen LogP contribution in [-0.2, 0) is 29.2 Å². The Kier molecular flexibility index (Phi) is 7.52. The molecule has 0 radical (unpaired) electrons. The number of ether oxygens (including phenoxy) is 1. The normalized spacial score (nSPS) is 15.3. The summed E-state index contributed by atoms with van der Waals surface area (Å²) in [6, 6.07) is 6.70. The van der Waals surface area contributed by atoms with Crippen molar-refractivity contribution < 1.29 is 9.53 Å². The highest BCUT2D eigenvalue weighted by Gasteiger charge is 2.27. The van der Waals surface area contributed by atoms with Crippen molar-refractivity contribution in [3.05, 3.63) is 61.3 Å². The number of carbonyl (C=O) groups is 1. The first-order valence-corrected chi connectivity index (χ1v) is 13.1. The Morgan fingerprint density at radius 3 is 2.73 bits per heavy atom. The number of piperidine rings is 1. The molecule has 4 aromatic rings. The van der Waals surface area contributed by atoms with Gasteiger partial charge in [-0.25, -0.2) is 9.78 Å². The van der Waals surface area contributed by atoms with E-state index in [1.54, 1.807) is 42.7 Å². The van der Waals surface area contributed by atoms with E-state index in [1.165, 1.54) is 0 Å². The maximum absolute atomic E-state index is 14.0. The third-order valence-corrected chi connectivity index (χ3v) is 6.81. The average molecular weight is 547 g/mol. The van der Waals surface area contributed by atoms with Crippen LogP contribution in [0, 0.1) is 11.8 Å². The molecule has 1 aliphatic heterocycles. The van der Waals surface area contributed by atoms with Gasteiger partial charge in [0.2, 0.25) is 5.95 Å². The molecule has 3 aromatic heterocycles. The largest absolute Gasteiger partial charge is 0.465 e. The van der Waals surface area contributed by atoms with Crippen LogP contribution in [0.5, 0.6) is 0 Å². The number of aromatic nitrogens is 6. The molecular weight excluding hydrogens is 516 g/mol. The summed E-state index contributed by atoms with van der Waals surface area (Å²) in [7, 11) is 0. The minimum atomic E-state index is -0.783. The number of benzene rings is 1. The Morgan fingerprint density at radius 2 is 1.98 bits per heavy atom. The summed E-state index contributed by atoms with van der Waals surface area (Å²) in [6.45, 7) is 3.99. The molecule has 1 aliphatic rings. The lowest BCUT2D eigenvalue weighted by atomic mass is 10.1. The first-order chi connectivity index (χ1) is 19.3. The molecule has 5 rings (SSSR count). The van der Waals surface area contributed by atoms with E-state index in [0.29, 0.717) is 29.9 Å². The monoisotopic (exact) mass is 546 g/mol. The molecular formula is C27H30N8O5. The highest BCUT2D eigenvalue weighted by atomic mass is 16.5. The van der Waals surface area contributed by atoms with Crippen LogP contribution >= 0.6 is 0 Å². The van der Waals surface area contributed by atoms with E-state index in [2.05, 4.69) is 21.8 Å². The minimum Gasteiger partial charge on any atom is -0.465 e. The SMILES string of the molecule is CC#CCn1c(N2CCCC(N)C2)nc2c1c(=O)n(Cc1nc3ccccc3c(=O)[nH]1)c(=O)n2CC(=O)OCC. The Bertz CT molecular complexity index is 1840. The number of carbonyl (C=O) groups excluding carboxylic acids is 1. The van der Waals surface area contributed by atoms with Crippen LogP contribution in [0.4, 0.5) is 5.95 Å². The number of fused-ring (bicyclic) bond motifs is 2. The predicted molar refractivity (Wildman–Crippen MR) is 149 cm³/mol. The molecule has 13 heteroatoms. The van der Waals surface area contributed by atoms with Crippen LogP contribution in [0.1, 0.15) is 32.5 Å².